The molecule has 5 nitrogen and oxygen atoms in total. The van der Waals surface area contributed by atoms with Gasteiger partial charge in [0.2, 0.25) is 0 Å². The summed E-state index contributed by atoms with van der Waals surface area (Å²) < 4.78 is 0. The largest absolute Gasteiger partial charge is 0.338 e. The molecule has 0 saturated heterocycles. The van der Waals surface area contributed by atoms with Gasteiger partial charge in [-0.25, -0.2) is 4.79 Å². The Kier molecular flexibility index (Phi) is 7.02. The summed E-state index contributed by atoms with van der Waals surface area (Å²) in [6.07, 6.45) is 0.814. The summed E-state index contributed by atoms with van der Waals surface area (Å²) in [7, 11) is 0. The fourth-order valence-electron chi connectivity index (χ4n) is 1.96. The van der Waals surface area contributed by atoms with Crippen molar-refractivity contribution in [3.63, 3.8) is 0 Å². The molecule has 0 aliphatic heterocycles. The average molecular weight is 361 g/mol. The van der Waals surface area contributed by atoms with Gasteiger partial charge in [-0.15, -0.1) is 12.6 Å². The van der Waals surface area contributed by atoms with E-state index in [0.717, 1.165) is 12.2 Å². The fourth-order valence-corrected chi connectivity index (χ4v) is 2.38. The van der Waals surface area contributed by atoms with Gasteiger partial charge in [0.25, 0.3) is 5.91 Å². The maximum Gasteiger partial charge on any atom is 0.319 e. The Morgan fingerprint density at radius 2 is 1.54 bits per heavy atom. The normalized spacial score (nSPS) is 10.1. The van der Waals surface area contributed by atoms with Crippen LogP contribution in [0.4, 0.5) is 16.2 Å². The molecular weight excluding hydrogens is 342 g/mol. The molecule has 0 fully saturated rings. The summed E-state index contributed by atoms with van der Waals surface area (Å²) >= 11 is 8.35. The number of hydrogen-bond donors (Lipinski definition) is 5. The van der Waals surface area contributed by atoms with Crippen molar-refractivity contribution in [1.82, 2.24) is 5.32 Å². The van der Waals surface area contributed by atoms with E-state index in [1.807, 2.05) is 6.07 Å². The van der Waals surface area contributed by atoms with Crippen LogP contribution in [-0.2, 0) is 0 Å². The summed E-state index contributed by atoms with van der Waals surface area (Å²) in [5.74, 6) is 0.496. The molecule has 0 aliphatic carbocycles. The standard InChI is InChI=1S/C17H19N3O2S2/c21-16(14-4-1-2-5-15(14)24)19-12-6-8-13(9-7-12)20-17(22)18-10-3-11-23/h1-2,4-9,23-24H,3,10-11H2,(H,19,21)(H2,18,20,22). The highest BCUT2D eigenvalue weighted by Crippen LogP contribution is 2.17. The van der Waals surface area contributed by atoms with Gasteiger partial charge in [-0.2, -0.15) is 12.6 Å². The fraction of sp³-hybridized carbons (Fsp3) is 0.176. The first-order chi connectivity index (χ1) is 11.6. The van der Waals surface area contributed by atoms with Gasteiger partial charge in [0.05, 0.1) is 5.56 Å². The quantitative estimate of drug-likeness (QED) is 0.402. The van der Waals surface area contributed by atoms with Crippen LogP contribution in [0.15, 0.2) is 53.4 Å². The topological polar surface area (TPSA) is 70.2 Å². The maximum atomic E-state index is 12.2. The minimum absolute atomic E-state index is 0.231. The van der Waals surface area contributed by atoms with Crippen LogP contribution in [0.3, 0.4) is 0 Å². The molecule has 2 aromatic carbocycles. The van der Waals surface area contributed by atoms with Crippen LogP contribution in [0.1, 0.15) is 16.8 Å². The van der Waals surface area contributed by atoms with Gasteiger partial charge < -0.3 is 16.0 Å². The van der Waals surface area contributed by atoms with Gasteiger partial charge >= 0.3 is 6.03 Å². The lowest BCUT2D eigenvalue weighted by molar-refractivity contribution is 0.102. The van der Waals surface area contributed by atoms with Crippen LogP contribution in [-0.4, -0.2) is 24.2 Å². The van der Waals surface area contributed by atoms with Crippen molar-refractivity contribution in [3.05, 3.63) is 54.1 Å². The number of carbonyl (C=O) groups is 2. The SMILES string of the molecule is O=C(NCCCS)Nc1ccc(NC(=O)c2ccccc2S)cc1. The number of benzene rings is 2. The zero-order valence-corrected chi connectivity index (χ0v) is 14.7. The van der Waals surface area contributed by atoms with E-state index in [1.54, 1.807) is 42.5 Å². The van der Waals surface area contributed by atoms with Gasteiger partial charge in [0, 0.05) is 22.8 Å². The van der Waals surface area contributed by atoms with E-state index in [4.69, 9.17) is 0 Å². The number of nitrogens with one attached hydrogen (secondary N) is 3. The number of rotatable bonds is 6. The number of amides is 3. The first-order valence-corrected chi connectivity index (χ1v) is 8.53. The molecule has 0 spiro atoms. The average Bonchev–Trinajstić information content (AvgIpc) is 2.57. The zero-order valence-electron chi connectivity index (χ0n) is 13.0. The minimum atomic E-state index is -0.266. The first-order valence-electron chi connectivity index (χ1n) is 7.45. The molecule has 3 amide bonds. The van der Waals surface area contributed by atoms with Crippen molar-refractivity contribution < 1.29 is 9.59 Å². The molecular formula is C17H19N3O2S2. The van der Waals surface area contributed by atoms with Gasteiger partial charge in [-0.05, 0) is 48.6 Å². The third kappa shape index (κ3) is 5.50. The van der Waals surface area contributed by atoms with Crippen molar-refractivity contribution in [3.8, 4) is 0 Å². The second-order valence-electron chi connectivity index (χ2n) is 5.01. The predicted molar refractivity (Wildman–Crippen MR) is 104 cm³/mol. The van der Waals surface area contributed by atoms with Crippen molar-refractivity contribution in [2.75, 3.05) is 22.9 Å². The lowest BCUT2D eigenvalue weighted by Gasteiger charge is -2.09. The van der Waals surface area contributed by atoms with E-state index in [1.165, 1.54) is 0 Å². The van der Waals surface area contributed by atoms with Gasteiger partial charge in [0.1, 0.15) is 0 Å². The van der Waals surface area contributed by atoms with Crippen molar-refractivity contribution in [2.24, 2.45) is 0 Å². The van der Waals surface area contributed by atoms with Crippen LogP contribution in [0, 0.1) is 0 Å². The molecule has 2 aromatic rings. The molecule has 24 heavy (non-hydrogen) atoms. The predicted octanol–water partition coefficient (Wildman–Crippen LogP) is 3.67. The molecule has 0 aliphatic rings. The summed E-state index contributed by atoms with van der Waals surface area (Å²) in [5, 5.41) is 8.25. The Morgan fingerprint density at radius 1 is 0.917 bits per heavy atom. The number of thiol groups is 2. The van der Waals surface area contributed by atoms with Crippen LogP contribution in [0.5, 0.6) is 0 Å². The Bertz CT molecular complexity index is 705. The third-order valence-electron chi connectivity index (χ3n) is 3.17. The molecule has 7 heteroatoms. The molecule has 2 rings (SSSR count). The summed E-state index contributed by atoms with van der Waals surface area (Å²) in [4.78, 5) is 24.5. The highest BCUT2D eigenvalue weighted by Gasteiger charge is 2.09. The van der Waals surface area contributed by atoms with E-state index in [0.29, 0.717) is 28.4 Å². The van der Waals surface area contributed by atoms with Crippen LogP contribution < -0.4 is 16.0 Å². The summed E-state index contributed by atoms with van der Waals surface area (Å²) in [6, 6.07) is 13.7. The van der Waals surface area contributed by atoms with Crippen molar-refractivity contribution in [2.45, 2.75) is 11.3 Å². The number of anilines is 2. The summed E-state index contributed by atoms with van der Waals surface area (Å²) in [6.45, 7) is 0.576. The smallest absolute Gasteiger partial charge is 0.319 e. The molecule has 0 aromatic heterocycles. The van der Waals surface area contributed by atoms with E-state index in [9.17, 15) is 9.59 Å². The van der Waals surface area contributed by atoms with Crippen LogP contribution in [0.25, 0.3) is 0 Å². The highest BCUT2D eigenvalue weighted by molar-refractivity contribution is 7.80. The third-order valence-corrected chi connectivity index (χ3v) is 3.88. The lowest BCUT2D eigenvalue weighted by Crippen LogP contribution is -2.29. The number of carbonyl (C=O) groups excluding carboxylic acids is 2. The maximum absolute atomic E-state index is 12.2. The highest BCUT2D eigenvalue weighted by atomic mass is 32.1. The number of urea groups is 1. The van der Waals surface area contributed by atoms with E-state index in [2.05, 4.69) is 41.2 Å². The lowest BCUT2D eigenvalue weighted by atomic mass is 10.2. The van der Waals surface area contributed by atoms with Crippen LogP contribution >= 0.6 is 25.3 Å². The first kappa shape index (κ1) is 18.2. The molecule has 0 unspecified atom stereocenters. The van der Waals surface area contributed by atoms with E-state index < -0.39 is 0 Å². The summed E-state index contributed by atoms with van der Waals surface area (Å²) in [5.41, 5.74) is 1.79. The molecule has 0 bridgehead atoms. The zero-order chi connectivity index (χ0) is 17.4. The molecule has 126 valence electrons. The van der Waals surface area contributed by atoms with E-state index >= 15 is 0 Å². The Labute approximate surface area is 152 Å². The molecule has 0 saturated carbocycles. The monoisotopic (exact) mass is 361 g/mol. The Hall–Kier alpha value is -2.12. The van der Waals surface area contributed by atoms with Gasteiger partial charge in [-0.3, -0.25) is 4.79 Å². The molecule has 0 heterocycles. The van der Waals surface area contributed by atoms with Crippen molar-refractivity contribution >= 4 is 48.6 Å². The van der Waals surface area contributed by atoms with Crippen LogP contribution in [0.2, 0.25) is 0 Å². The minimum Gasteiger partial charge on any atom is -0.338 e. The molecule has 0 atom stereocenters. The van der Waals surface area contributed by atoms with E-state index in [-0.39, 0.29) is 11.9 Å². The Morgan fingerprint density at radius 3 is 2.17 bits per heavy atom. The second kappa shape index (κ2) is 9.24. The van der Waals surface area contributed by atoms with Gasteiger partial charge in [0.15, 0.2) is 0 Å². The molecule has 3 N–H and O–H groups in total. The van der Waals surface area contributed by atoms with Crippen molar-refractivity contribution in [1.29, 1.82) is 0 Å². The molecule has 0 radical (unpaired) electrons. The van der Waals surface area contributed by atoms with Gasteiger partial charge in [-0.1, -0.05) is 12.1 Å². The number of hydrogen-bond acceptors (Lipinski definition) is 4. The second-order valence-corrected chi connectivity index (χ2v) is 5.94. The Balaban J connectivity index is 1.91.